The first-order valence-corrected chi connectivity index (χ1v) is 6.22. The van der Waals surface area contributed by atoms with Gasteiger partial charge in [-0.05, 0) is 18.1 Å². The molecule has 0 saturated carbocycles. The van der Waals surface area contributed by atoms with E-state index < -0.39 is 4.92 Å². The van der Waals surface area contributed by atoms with Gasteiger partial charge in [-0.15, -0.1) is 0 Å². The highest BCUT2D eigenvalue weighted by atomic mass is 35.5. The monoisotopic (exact) mass is 288 g/mol. The number of ether oxygens (including phenoxy) is 1. The lowest BCUT2D eigenvalue weighted by atomic mass is 10.1. The van der Waals surface area contributed by atoms with Crippen molar-refractivity contribution in [2.75, 3.05) is 20.3 Å². The standard InChI is InChI=1S/C12H17ClN2O4/c1-19-8-10(4-5-16)14-7-9-2-3-11(15(17)18)6-12(9)13/h2-3,6,10,14,16H,4-5,7-8H2,1H3. The lowest BCUT2D eigenvalue weighted by Crippen LogP contribution is -2.33. The number of nitrogens with zero attached hydrogens (tertiary/aromatic N) is 1. The van der Waals surface area contributed by atoms with Gasteiger partial charge in [0.25, 0.3) is 5.69 Å². The molecule has 1 aromatic rings. The van der Waals surface area contributed by atoms with Crippen LogP contribution in [0.4, 0.5) is 5.69 Å². The Kier molecular flexibility index (Phi) is 6.72. The maximum absolute atomic E-state index is 10.6. The van der Waals surface area contributed by atoms with Gasteiger partial charge in [-0.2, -0.15) is 0 Å². The van der Waals surface area contributed by atoms with Crippen molar-refractivity contribution in [3.63, 3.8) is 0 Å². The van der Waals surface area contributed by atoms with E-state index in [0.29, 0.717) is 24.6 Å². The summed E-state index contributed by atoms with van der Waals surface area (Å²) in [5.41, 5.74) is 0.740. The molecule has 7 heteroatoms. The normalized spacial score (nSPS) is 12.4. The summed E-state index contributed by atoms with van der Waals surface area (Å²) in [6.07, 6.45) is 0.568. The number of nitro benzene ring substituents is 1. The predicted molar refractivity (Wildman–Crippen MR) is 72.3 cm³/mol. The lowest BCUT2D eigenvalue weighted by molar-refractivity contribution is -0.384. The molecule has 106 valence electrons. The number of non-ortho nitro benzene ring substituents is 1. The molecule has 0 aliphatic heterocycles. The van der Waals surface area contributed by atoms with E-state index in [9.17, 15) is 10.1 Å². The van der Waals surface area contributed by atoms with Gasteiger partial charge in [0.15, 0.2) is 0 Å². The molecule has 1 rings (SSSR count). The maximum atomic E-state index is 10.6. The van der Waals surface area contributed by atoms with Crippen molar-refractivity contribution in [3.05, 3.63) is 38.9 Å². The van der Waals surface area contributed by atoms with Gasteiger partial charge in [-0.1, -0.05) is 11.6 Å². The van der Waals surface area contributed by atoms with Crippen molar-refractivity contribution in [2.45, 2.75) is 19.0 Å². The Balaban J connectivity index is 2.63. The molecule has 0 bridgehead atoms. The minimum absolute atomic E-state index is 0.0151. The van der Waals surface area contributed by atoms with Crippen LogP contribution in [0, 0.1) is 10.1 Å². The van der Waals surface area contributed by atoms with Gasteiger partial charge in [0, 0.05) is 38.4 Å². The highest BCUT2D eigenvalue weighted by molar-refractivity contribution is 6.31. The highest BCUT2D eigenvalue weighted by Crippen LogP contribution is 2.22. The predicted octanol–water partition coefficient (Wildman–Crippen LogP) is 1.74. The first kappa shape index (κ1) is 15.8. The first-order valence-electron chi connectivity index (χ1n) is 5.84. The smallest absolute Gasteiger partial charge is 0.270 e. The molecule has 0 radical (unpaired) electrons. The zero-order valence-corrected chi connectivity index (χ0v) is 11.4. The number of nitro groups is 1. The number of hydrogen-bond acceptors (Lipinski definition) is 5. The van der Waals surface area contributed by atoms with E-state index in [4.69, 9.17) is 21.4 Å². The van der Waals surface area contributed by atoms with Crippen LogP contribution in [-0.4, -0.2) is 36.4 Å². The van der Waals surface area contributed by atoms with Crippen molar-refractivity contribution < 1.29 is 14.8 Å². The third-order valence-corrected chi connectivity index (χ3v) is 3.03. The molecule has 2 N–H and O–H groups in total. The van der Waals surface area contributed by atoms with Crippen LogP contribution in [-0.2, 0) is 11.3 Å². The van der Waals surface area contributed by atoms with Crippen molar-refractivity contribution in [2.24, 2.45) is 0 Å². The average molecular weight is 289 g/mol. The van der Waals surface area contributed by atoms with Crippen molar-refractivity contribution in [1.29, 1.82) is 0 Å². The molecule has 0 aliphatic carbocycles. The van der Waals surface area contributed by atoms with Crippen LogP contribution in [0.3, 0.4) is 0 Å². The topological polar surface area (TPSA) is 84.6 Å². The Labute approximate surface area is 116 Å². The largest absolute Gasteiger partial charge is 0.396 e. The fraction of sp³-hybridized carbons (Fsp3) is 0.500. The summed E-state index contributed by atoms with van der Waals surface area (Å²) in [6, 6.07) is 4.38. The molecule has 0 aliphatic rings. The molecule has 0 aromatic heterocycles. The molecular weight excluding hydrogens is 272 g/mol. The van der Waals surface area contributed by atoms with Crippen LogP contribution >= 0.6 is 11.6 Å². The molecule has 0 spiro atoms. The molecule has 6 nitrogen and oxygen atoms in total. The summed E-state index contributed by atoms with van der Waals surface area (Å²) in [5, 5.41) is 23.0. The SMILES string of the molecule is COCC(CCO)NCc1ccc([N+](=O)[O-])cc1Cl. The van der Waals surface area contributed by atoms with Gasteiger partial charge in [-0.25, -0.2) is 0 Å². The number of hydrogen-bond donors (Lipinski definition) is 2. The van der Waals surface area contributed by atoms with Crippen LogP contribution in [0.25, 0.3) is 0 Å². The Morgan fingerprint density at radius 1 is 1.58 bits per heavy atom. The van der Waals surface area contributed by atoms with Crippen molar-refractivity contribution >= 4 is 17.3 Å². The van der Waals surface area contributed by atoms with E-state index in [-0.39, 0.29) is 18.3 Å². The van der Waals surface area contributed by atoms with Crippen LogP contribution in [0.1, 0.15) is 12.0 Å². The summed E-state index contributed by atoms with van der Waals surface area (Å²) in [4.78, 5) is 10.1. The fourth-order valence-corrected chi connectivity index (χ4v) is 1.89. The van der Waals surface area contributed by atoms with Crippen LogP contribution in [0.5, 0.6) is 0 Å². The van der Waals surface area contributed by atoms with Gasteiger partial charge >= 0.3 is 0 Å². The molecule has 0 saturated heterocycles. The number of benzene rings is 1. The number of rotatable bonds is 8. The first-order chi connectivity index (χ1) is 9.08. The number of aliphatic hydroxyl groups is 1. The third-order valence-electron chi connectivity index (χ3n) is 2.67. The maximum Gasteiger partial charge on any atom is 0.270 e. The summed E-state index contributed by atoms with van der Waals surface area (Å²) in [5.74, 6) is 0. The Hall–Kier alpha value is -1.21. The number of methoxy groups -OCH3 is 1. The van der Waals surface area contributed by atoms with E-state index >= 15 is 0 Å². The van der Waals surface area contributed by atoms with Gasteiger partial charge in [-0.3, -0.25) is 10.1 Å². The molecule has 1 unspecified atom stereocenters. The van der Waals surface area contributed by atoms with Gasteiger partial charge < -0.3 is 15.2 Å². The van der Waals surface area contributed by atoms with Gasteiger partial charge in [0.1, 0.15) is 0 Å². The average Bonchev–Trinajstić information content (AvgIpc) is 2.37. The second-order valence-electron chi connectivity index (χ2n) is 4.08. The molecule has 0 fully saturated rings. The zero-order valence-electron chi connectivity index (χ0n) is 10.6. The second-order valence-corrected chi connectivity index (χ2v) is 4.49. The van der Waals surface area contributed by atoms with Crippen LogP contribution in [0.2, 0.25) is 5.02 Å². The van der Waals surface area contributed by atoms with Gasteiger partial charge in [0.05, 0.1) is 16.6 Å². The minimum Gasteiger partial charge on any atom is -0.396 e. The van der Waals surface area contributed by atoms with Crippen molar-refractivity contribution in [1.82, 2.24) is 5.32 Å². The quantitative estimate of drug-likeness (QED) is 0.562. The van der Waals surface area contributed by atoms with E-state index in [0.717, 1.165) is 5.56 Å². The van der Waals surface area contributed by atoms with Crippen LogP contribution < -0.4 is 5.32 Å². The Morgan fingerprint density at radius 3 is 2.84 bits per heavy atom. The van der Waals surface area contributed by atoms with E-state index in [1.54, 1.807) is 13.2 Å². The second kappa shape index (κ2) is 8.06. The van der Waals surface area contributed by atoms with E-state index in [2.05, 4.69) is 5.32 Å². The zero-order chi connectivity index (χ0) is 14.3. The molecule has 0 heterocycles. The summed E-state index contributed by atoms with van der Waals surface area (Å²) >= 11 is 5.99. The number of nitrogens with one attached hydrogen (secondary N) is 1. The summed E-state index contributed by atoms with van der Waals surface area (Å²) < 4.78 is 5.03. The highest BCUT2D eigenvalue weighted by Gasteiger charge is 2.11. The molecule has 1 atom stereocenters. The minimum atomic E-state index is -0.484. The Morgan fingerprint density at radius 2 is 2.32 bits per heavy atom. The van der Waals surface area contributed by atoms with E-state index in [1.165, 1.54) is 12.1 Å². The third kappa shape index (κ3) is 5.12. The molecule has 1 aromatic carbocycles. The fourth-order valence-electron chi connectivity index (χ4n) is 1.65. The molecular formula is C12H17ClN2O4. The summed E-state index contributed by atoms with van der Waals surface area (Å²) in [6.45, 7) is 1.00. The van der Waals surface area contributed by atoms with Crippen LogP contribution in [0.15, 0.2) is 18.2 Å². The number of aliphatic hydroxyl groups excluding tert-OH is 1. The number of halogens is 1. The van der Waals surface area contributed by atoms with Gasteiger partial charge in [0.2, 0.25) is 0 Å². The molecule has 19 heavy (non-hydrogen) atoms. The molecule has 0 amide bonds. The Bertz CT molecular complexity index is 422. The van der Waals surface area contributed by atoms with E-state index in [1.807, 2.05) is 0 Å². The van der Waals surface area contributed by atoms with Crippen molar-refractivity contribution in [3.8, 4) is 0 Å². The summed E-state index contributed by atoms with van der Waals surface area (Å²) in [7, 11) is 1.59. The lowest BCUT2D eigenvalue weighted by Gasteiger charge is -2.17.